The standard InChI is InChI=1S/C20H25N3O5/c1-4-27-16-7-6-15(11-17(16)28-5-2)20(25)23-13-18(24)22-12-14-8-9-21-19(10-14)26-3/h6-11H,4-5,12-13H2,1-3H3,(H,22,24)(H,23,25). The number of carbonyl (C=O) groups excluding carboxylic acids is 2. The van der Waals surface area contributed by atoms with Gasteiger partial charge in [-0.15, -0.1) is 0 Å². The molecule has 2 N–H and O–H groups in total. The van der Waals surface area contributed by atoms with Crippen molar-refractivity contribution in [2.75, 3.05) is 26.9 Å². The van der Waals surface area contributed by atoms with Gasteiger partial charge >= 0.3 is 0 Å². The van der Waals surface area contributed by atoms with E-state index in [4.69, 9.17) is 14.2 Å². The van der Waals surface area contributed by atoms with Gasteiger partial charge in [0, 0.05) is 24.4 Å². The first-order valence-corrected chi connectivity index (χ1v) is 9.00. The maximum absolute atomic E-state index is 12.3. The molecular weight excluding hydrogens is 362 g/mol. The second kappa shape index (κ2) is 10.8. The highest BCUT2D eigenvalue weighted by atomic mass is 16.5. The van der Waals surface area contributed by atoms with Crippen LogP contribution in [0.3, 0.4) is 0 Å². The van der Waals surface area contributed by atoms with Crippen molar-refractivity contribution in [2.45, 2.75) is 20.4 Å². The van der Waals surface area contributed by atoms with Gasteiger partial charge in [0.15, 0.2) is 11.5 Å². The number of ether oxygens (including phenoxy) is 3. The Morgan fingerprint density at radius 2 is 1.75 bits per heavy atom. The zero-order chi connectivity index (χ0) is 20.4. The zero-order valence-corrected chi connectivity index (χ0v) is 16.3. The average molecular weight is 387 g/mol. The minimum absolute atomic E-state index is 0.141. The number of aromatic nitrogens is 1. The van der Waals surface area contributed by atoms with Crippen molar-refractivity contribution in [1.29, 1.82) is 0 Å². The van der Waals surface area contributed by atoms with E-state index in [1.54, 1.807) is 36.5 Å². The fourth-order valence-electron chi connectivity index (χ4n) is 2.39. The molecule has 2 rings (SSSR count). The van der Waals surface area contributed by atoms with Crippen LogP contribution >= 0.6 is 0 Å². The highest BCUT2D eigenvalue weighted by molar-refractivity contribution is 5.97. The van der Waals surface area contributed by atoms with Gasteiger partial charge in [-0.3, -0.25) is 9.59 Å². The molecule has 1 heterocycles. The van der Waals surface area contributed by atoms with Crippen LogP contribution in [-0.4, -0.2) is 43.7 Å². The smallest absolute Gasteiger partial charge is 0.251 e. The Kier molecular flexibility index (Phi) is 8.08. The van der Waals surface area contributed by atoms with Crippen LogP contribution in [0.4, 0.5) is 0 Å². The SMILES string of the molecule is CCOc1ccc(C(=O)NCC(=O)NCc2ccnc(OC)c2)cc1OCC. The van der Waals surface area contributed by atoms with Crippen LogP contribution in [0.25, 0.3) is 0 Å². The van der Waals surface area contributed by atoms with E-state index < -0.39 is 0 Å². The second-order valence-electron chi connectivity index (χ2n) is 5.69. The van der Waals surface area contributed by atoms with Crippen LogP contribution in [-0.2, 0) is 11.3 Å². The Bertz CT molecular complexity index is 810. The van der Waals surface area contributed by atoms with Crippen molar-refractivity contribution in [1.82, 2.24) is 15.6 Å². The summed E-state index contributed by atoms with van der Waals surface area (Å²) in [6.07, 6.45) is 1.60. The minimum atomic E-state index is -0.371. The van der Waals surface area contributed by atoms with Gasteiger partial charge in [0.2, 0.25) is 11.8 Å². The summed E-state index contributed by atoms with van der Waals surface area (Å²) in [5.41, 5.74) is 1.23. The molecule has 8 heteroatoms. The van der Waals surface area contributed by atoms with Gasteiger partial charge < -0.3 is 24.8 Å². The van der Waals surface area contributed by atoms with Crippen molar-refractivity contribution < 1.29 is 23.8 Å². The van der Waals surface area contributed by atoms with Crippen LogP contribution in [0.2, 0.25) is 0 Å². The monoisotopic (exact) mass is 387 g/mol. The number of benzene rings is 1. The highest BCUT2D eigenvalue weighted by Crippen LogP contribution is 2.28. The molecule has 0 saturated heterocycles. The molecule has 0 fully saturated rings. The number of carbonyl (C=O) groups is 2. The highest BCUT2D eigenvalue weighted by Gasteiger charge is 2.12. The number of amides is 2. The summed E-state index contributed by atoms with van der Waals surface area (Å²) in [5.74, 6) is 0.866. The van der Waals surface area contributed by atoms with Crippen LogP contribution < -0.4 is 24.8 Å². The van der Waals surface area contributed by atoms with Gasteiger partial charge in [-0.05, 0) is 43.7 Å². The lowest BCUT2D eigenvalue weighted by Crippen LogP contribution is -2.36. The molecule has 0 aliphatic heterocycles. The molecule has 0 radical (unpaired) electrons. The largest absolute Gasteiger partial charge is 0.490 e. The lowest BCUT2D eigenvalue weighted by molar-refractivity contribution is -0.120. The molecule has 0 bridgehead atoms. The zero-order valence-electron chi connectivity index (χ0n) is 16.3. The van der Waals surface area contributed by atoms with Crippen LogP contribution in [0.1, 0.15) is 29.8 Å². The van der Waals surface area contributed by atoms with Crippen molar-refractivity contribution in [2.24, 2.45) is 0 Å². The molecular formula is C20H25N3O5. The number of hydrogen-bond acceptors (Lipinski definition) is 6. The lowest BCUT2D eigenvalue weighted by Gasteiger charge is -2.12. The molecule has 0 saturated carbocycles. The molecule has 0 aliphatic carbocycles. The first-order valence-electron chi connectivity index (χ1n) is 9.00. The first-order chi connectivity index (χ1) is 13.6. The lowest BCUT2D eigenvalue weighted by atomic mass is 10.2. The Hall–Kier alpha value is -3.29. The molecule has 1 aromatic heterocycles. The summed E-state index contributed by atoms with van der Waals surface area (Å²) in [6, 6.07) is 8.42. The summed E-state index contributed by atoms with van der Waals surface area (Å²) in [5, 5.41) is 5.33. The summed E-state index contributed by atoms with van der Waals surface area (Å²) >= 11 is 0. The van der Waals surface area contributed by atoms with Gasteiger partial charge in [0.1, 0.15) is 0 Å². The molecule has 2 aromatic rings. The topological polar surface area (TPSA) is 98.8 Å². The molecule has 28 heavy (non-hydrogen) atoms. The van der Waals surface area contributed by atoms with E-state index in [0.29, 0.717) is 42.7 Å². The van der Waals surface area contributed by atoms with E-state index >= 15 is 0 Å². The van der Waals surface area contributed by atoms with Gasteiger partial charge in [-0.2, -0.15) is 0 Å². The minimum Gasteiger partial charge on any atom is -0.490 e. The molecule has 0 spiro atoms. The number of rotatable bonds is 10. The quantitative estimate of drug-likeness (QED) is 0.646. The van der Waals surface area contributed by atoms with Crippen molar-refractivity contribution in [3.05, 3.63) is 47.7 Å². The molecule has 0 atom stereocenters. The van der Waals surface area contributed by atoms with Crippen LogP contribution in [0.5, 0.6) is 17.4 Å². The molecule has 1 aromatic carbocycles. The van der Waals surface area contributed by atoms with E-state index in [9.17, 15) is 9.59 Å². The maximum atomic E-state index is 12.3. The van der Waals surface area contributed by atoms with Crippen LogP contribution in [0.15, 0.2) is 36.5 Å². The van der Waals surface area contributed by atoms with Crippen LogP contribution in [0, 0.1) is 0 Å². The van der Waals surface area contributed by atoms with Gasteiger partial charge in [-0.25, -0.2) is 4.98 Å². The second-order valence-corrected chi connectivity index (χ2v) is 5.69. The third-order valence-electron chi connectivity index (χ3n) is 3.71. The van der Waals surface area contributed by atoms with E-state index in [1.165, 1.54) is 7.11 Å². The van der Waals surface area contributed by atoms with Gasteiger partial charge in [0.05, 0.1) is 26.9 Å². The number of nitrogens with zero attached hydrogens (tertiary/aromatic N) is 1. The predicted molar refractivity (Wildman–Crippen MR) is 104 cm³/mol. The molecule has 150 valence electrons. The van der Waals surface area contributed by atoms with Crippen molar-refractivity contribution >= 4 is 11.8 Å². The molecule has 0 unspecified atom stereocenters. The fraction of sp³-hybridized carbons (Fsp3) is 0.350. The molecule has 0 aliphatic rings. The van der Waals surface area contributed by atoms with E-state index in [1.807, 2.05) is 13.8 Å². The Labute approximate surface area is 164 Å². The van der Waals surface area contributed by atoms with Gasteiger partial charge in [0.25, 0.3) is 5.91 Å². The number of nitrogens with one attached hydrogen (secondary N) is 2. The number of hydrogen-bond donors (Lipinski definition) is 2. The molecule has 8 nitrogen and oxygen atoms in total. The fourth-order valence-corrected chi connectivity index (χ4v) is 2.39. The van der Waals surface area contributed by atoms with Gasteiger partial charge in [-0.1, -0.05) is 0 Å². The third kappa shape index (κ3) is 6.15. The Morgan fingerprint density at radius 3 is 2.46 bits per heavy atom. The first kappa shape index (κ1) is 21.0. The van der Waals surface area contributed by atoms with E-state index in [0.717, 1.165) is 5.56 Å². The van der Waals surface area contributed by atoms with Crippen molar-refractivity contribution in [3.63, 3.8) is 0 Å². The van der Waals surface area contributed by atoms with E-state index in [2.05, 4.69) is 15.6 Å². The summed E-state index contributed by atoms with van der Waals surface area (Å²) in [6.45, 7) is 4.84. The summed E-state index contributed by atoms with van der Waals surface area (Å²) in [4.78, 5) is 28.3. The van der Waals surface area contributed by atoms with Crippen molar-refractivity contribution in [3.8, 4) is 17.4 Å². The number of pyridine rings is 1. The number of methoxy groups -OCH3 is 1. The average Bonchev–Trinajstić information content (AvgIpc) is 2.72. The molecule has 2 amide bonds. The summed E-state index contributed by atoms with van der Waals surface area (Å²) in [7, 11) is 1.53. The maximum Gasteiger partial charge on any atom is 0.251 e. The normalized spacial score (nSPS) is 10.1. The predicted octanol–water partition coefficient (Wildman–Crippen LogP) is 1.93. The third-order valence-corrected chi connectivity index (χ3v) is 3.71. The summed E-state index contributed by atoms with van der Waals surface area (Å²) < 4.78 is 16.0. The Morgan fingerprint density at radius 1 is 1.00 bits per heavy atom. The Balaban J connectivity index is 1.88. The van der Waals surface area contributed by atoms with E-state index in [-0.39, 0.29) is 18.4 Å².